The van der Waals surface area contributed by atoms with Crippen molar-refractivity contribution in [2.75, 3.05) is 0 Å². The monoisotopic (exact) mass is 155 g/mol. The molecule has 1 aromatic carbocycles. The van der Waals surface area contributed by atoms with Gasteiger partial charge in [0, 0.05) is 6.57 Å². The minimum Gasteiger partial charge on any atom is -0.214 e. The predicted molar refractivity (Wildman–Crippen MR) is 28.7 cm³/mol. The number of nitriles is 1. The van der Waals surface area contributed by atoms with Crippen molar-refractivity contribution >= 4 is 0 Å². The Morgan fingerprint density at radius 1 is 1.12 bits per heavy atom. The maximum atomic E-state index is 6.50. The van der Waals surface area contributed by atoms with Gasteiger partial charge in [-0.25, -0.2) is 17.4 Å². The van der Waals surface area contributed by atoms with Crippen molar-refractivity contribution in [1.82, 2.24) is 0 Å². The van der Waals surface area contributed by atoms with Crippen LogP contribution in [0.2, 0.25) is 0 Å². The number of hydrogen-bond acceptors (Lipinski definition) is 1. The Morgan fingerprint density at radius 2 is 1.50 bits per heavy atom. The second kappa shape index (κ2) is 9.61. The minimum atomic E-state index is 0. The average molecular weight is 156 g/mol. The van der Waals surface area contributed by atoms with Crippen LogP contribution in [0.3, 0.4) is 0 Å². The maximum absolute atomic E-state index is 6.50. The second-order valence-electron chi connectivity index (χ2n) is 0.962. The zero-order valence-corrected chi connectivity index (χ0v) is 5.15. The van der Waals surface area contributed by atoms with Gasteiger partial charge in [-0.2, -0.15) is 18.2 Å². The molecule has 0 aliphatic rings. The van der Waals surface area contributed by atoms with Gasteiger partial charge >= 0.3 is 17.1 Å². The summed E-state index contributed by atoms with van der Waals surface area (Å²) in [5.41, 5.74) is 0. The smallest absolute Gasteiger partial charge is 0.214 e. The van der Waals surface area contributed by atoms with E-state index in [4.69, 9.17) is 5.26 Å². The molecule has 2 heteroatoms. The van der Waals surface area contributed by atoms with E-state index >= 15 is 0 Å². The van der Waals surface area contributed by atoms with Crippen molar-refractivity contribution in [3.05, 3.63) is 30.3 Å². The zero-order chi connectivity index (χ0) is 5.54. The minimum absolute atomic E-state index is 0. The van der Waals surface area contributed by atoms with Gasteiger partial charge in [0.25, 0.3) is 0 Å². The summed E-state index contributed by atoms with van der Waals surface area (Å²) in [7, 11) is 0. The fourth-order valence-electron chi connectivity index (χ4n) is 0.321. The Kier molecular flexibility index (Phi) is 12.4. The van der Waals surface area contributed by atoms with Crippen LogP contribution in [-0.2, 0) is 17.1 Å². The standard InChI is InChI=1S/C5H5.CHN.Cu/c1-2-4-5-3-1;1-2;/h1-5H;1H;/q-1;;+1. The van der Waals surface area contributed by atoms with E-state index in [9.17, 15) is 0 Å². The van der Waals surface area contributed by atoms with Crippen LogP contribution in [0.4, 0.5) is 0 Å². The first-order valence-electron chi connectivity index (χ1n) is 1.92. The van der Waals surface area contributed by atoms with E-state index in [1.807, 2.05) is 30.3 Å². The molecule has 0 saturated heterocycles. The predicted octanol–water partition coefficient (Wildman–Crippen LogP) is 1.54. The molecule has 1 aromatic rings. The third-order valence-corrected chi connectivity index (χ3v) is 0.556. The molecule has 0 spiro atoms. The van der Waals surface area contributed by atoms with Crippen molar-refractivity contribution < 1.29 is 17.1 Å². The van der Waals surface area contributed by atoms with Gasteiger partial charge in [-0.15, -0.1) is 0 Å². The van der Waals surface area contributed by atoms with Crippen molar-refractivity contribution in [3.8, 4) is 6.57 Å². The molecule has 46 valence electrons. The summed E-state index contributed by atoms with van der Waals surface area (Å²) in [5.74, 6) is 0. The van der Waals surface area contributed by atoms with E-state index in [0.29, 0.717) is 0 Å². The van der Waals surface area contributed by atoms with Gasteiger partial charge in [0.05, 0.1) is 0 Å². The van der Waals surface area contributed by atoms with Crippen molar-refractivity contribution in [2.45, 2.75) is 0 Å². The zero-order valence-electron chi connectivity index (χ0n) is 4.21. The molecule has 0 radical (unpaired) electrons. The molecule has 0 aliphatic heterocycles. The first kappa shape index (κ1) is 10.4. The van der Waals surface area contributed by atoms with Gasteiger partial charge in [-0.3, -0.25) is 0 Å². The third-order valence-electron chi connectivity index (χ3n) is 0.556. The van der Waals surface area contributed by atoms with Gasteiger partial charge < -0.3 is 0 Å². The molecule has 1 nitrogen and oxygen atoms in total. The van der Waals surface area contributed by atoms with Crippen LogP contribution in [0, 0.1) is 11.8 Å². The topological polar surface area (TPSA) is 23.8 Å². The second-order valence-corrected chi connectivity index (χ2v) is 0.962. The first-order valence-corrected chi connectivity index (χ1v) is 1.92. The molecule has 0 N–H and O–H groups in total. The molecule has 0 heterocycles. The maximum Gasteiger partial charge on any atom is 1.00 e. The molecule has 0 amide bonds. The van der Waals surface area contributed by atoms with E-state index in [0.717, 1.165) is 0 Å². The molecule has 8 heavy (non-hydrogen) atoms. The molecule has 1 rings (SSSR count). The number of rotatable bonds is 0. The quantitative estimate of drug-likeness (QED) is 0.412. The van der Waals surface area contributed by atoms with Crippen molar-refractivity contribution in [3.63, 3.8) is 0 Å². The van der Waals surface area contributed by atoms with E-state index in [2.05, 4.69) is 6.57 Å². The normalized spacial score (nSPS) is 5.25. The molecule has 0 saturated carbocycles. The first-order chi connectivity index (χ1) is 3.50. The summed E-state index contributed by atoms with van der Waals surface area (Å²) < 4.78 is 0. The van der Waals surface area contributed by atoms with Gasteiger partial charge in [0.15, 0.2) is 0 Å². The Labute approximate surface area is 59.8 Å². The van der Waals surface area contributed by atoms with Gasteiger partial charge in [0.2, 0.25) is 0 Å². The molecule has 0 atom stereocenters. The van der Waals surface area contributed by atoms with Crippen LogP contribution in [-0.4, -0.2) is 0 Å². The van der Waals surface area contributed by atoms with Crippen molar-refractivity contribution in [2.24, 2.45) is 0 Å². The largest absolute Gasteiger partial charge is 1.00 e. The van der Waals surface area contributed by atoms with E-state index in [1.165, 1.54) is 0 Å². The van der Waals surface area contributed by atoms with Gasteiger partial charge in [-0.05, 0) is 0 Å². The summed E-state index contributed by atoms with van der Waals surface area (Å²) in [6.07, 6.45) is 0. The van der Waals surface area contributed by atoms with E-state index < -0.39 is 0 Å². The molecule has 0 aromatic heterocycles. The van der Waals surface area contributed by atoms with Gasteiger partial charge in [-0.1, -0.05) is 0 Å². The van der Waals surface area contributed by atoms with E-state index in [-0.39, 0.29) is 17.1 Å². The molecule has 0 fully saturated rings. The van der Waals surface area contributed by atoms with Crippen LogP contribution < -0.4 is 0 Å². The van der Waals surface area contributed by atoms with Crippen molar-refractivity contribution in [1.29, 1.82) is 5.26 Å². The molecular formula is C6H6CuN. The van der Waals surface area contributed by atoms with Crippen LogP contribution in [0.1, 0.15) is 0 Å². The van der Waals surface area contributed by atoms with Crippen LogP contribution >= 0.6 is 0 Å². The fourth-order valence-corrected chi connectivity index (χ4v) is 0.321. The van der Waals surface area contributed by atoms with Crippen LogP contribution in [0.25, 0.3) is 0 Å². The summed E-state index contributed by atoms with van der Waals surface area (Å²) in [4.78, 5) is 0. The molecule has 0 unspecified atom stereocenters. The van der Waals surface area contributed by atoms with Crippen LogP contribution in [0.15, 0.2) is 30.3 Å². The third kappa shape index (κ3) is 5.36. The summed E-state index contributed by atoms with van der Waals surface area (Å²) in [6.45, 7) is 3.50. The SMILES string of the molecule is C#N.[Cu+].c1cc[cH-]c1. The Hall–Kier alpha value is -0.641. The Balaban J connectivity index is 0. The number of nitrogens with zero attached hydrogens (tertiary/aromatic N) is 1. The van der Waals surface area contributed by atoms with Crippen LogP contribution in [0.5, 0.6) is 0 Å². The average Bonchev–Trinajstić information content (AvgIpc) is 2.23. The summed E-state index contributed by atoms with van der Waals surface area (Å²) in [5, 5.41) is 6.50. The summed E-state index contributed by atoms with van der Waals surface area (Å²) in [6, 6.07) is 10.0. The number of hydrogen-bond donors (Lipinski definition) is 0. The fraction of sp³-hybridized carbons (Fsp3) is 0. The Morgan fingerprint density at radius 3 is 1.62 bits per heavy atom. The molecule has 0 bridgehead atoms. The molecular weight excluding hydrogens is 150 g/mol. The van der Waals surface area contributed by atoms with Gasteiger partial charge in [0.1, 0.15) is 0 Å². The van der Waals surface area contributed by atoms with E-state index in [1.54, 1.807) is 0 Å². The molecule has 0 aliphatic carbocycles. The Bertz CT molecular complexity index is 92.1. The summed E-state index contributed by atoms with van der Waals surface area (Å²) >= 11 is 0.